The maximum absolute atomic E-state index is 13.6. The lowest BCUT2D eigenvalue weighted by Crippen LogP contribution is -2.33. The molecule has 0 aliphatic carbocycles. The highest BCUT2D eigenvalue weighted by Crippen LogP contribution is 2.18. The number of nitrogen functional groups attached to an aromatic ring is 1. The number of hydrogen-bond acceptors (Lipinski definition) is 3. The van der Waals surface area contributed by atoms with Crippen LogP contribution in [-0.2, 0) is 4.79 Å². The fourth-order valence-electron chi connectivity index (χ4n) is 1.56. The second-order valence-corrected chi connectivity index (χ2v) is 5.03. The molecule has 0 saturated carbocycles. The summed E-state index contributed by atoms with van der Waals surface area (Å²) >= 11 is 0. The Balaban J connectivity index is 2.52. The van der Waals surface area contributed by atoms with Crippen LogP contribution < -0.4 is 16.4 Å². The molecule has 1 aromatic carbocycles. The van der Waals surface area contributed by atoms with Crippen LogP contribution in [0.15, 0.2) is 12.1 Å². The fourth-order valence-corrected chi connectivity index (χ4v) is 1.56. The van der Waals surface area contributed by atoms with Crippen LogP contribution in [0, 0.1) is 17.6 Å². The molecule has 0 fully saturated rings. The van der Waals surface area contributed by atoms with Crippen LogP contribution >= 0.6 is 0 Å². The zero-order chi connectivity index (χ0) is 16.0. The van der Waals surface area contributed by atoms with E-state index in [9.17, 15) is 18.4 Å². The van der Waals surface area contributed by atoms with E-state index in [1.54, 1.807) is 0 Å². The summed E-state index contributed by atoms with van der Waals surface area (Å²) in [7, 11) is 0. The van der Waals surface area contributed by atoms with Crippen molar-refractivity contribution in [1.29, 1.82) is 0 Å². The highest BCUT2D eigenvalue weighted by molar-refractivity contribution is 5.95. The van der Waals surface area contributed by atoms with E-state index in [1.165, 1.54) is 0 Å². The van der Waals surface area contributed by atoms with Crippen molar-refractivity contribution in [3.05, 3.63) is 29.3 Å². The standard InChI is InChI=1S/C14H19F2N3O2/c1-8(2)7-19-11(20)5-6-18-14(21)12-9(15)3-4-10(17)13(12)16/h3-4,8H,5-7,17H2,1-2H3,(H,18,21)(H,19,20). The summed E-state index contributed by atoms with van der Waals surface area (Å²) in [6.45, 7) is 4.42. The Morgan fingerprint density at radius 1 is 1.24 bits per heavy atom. The second-order valence-electron chi connectivity index (χ2n) is 5.03. The van der Waals surface area contributed by atoms with Gasteiger partial charge in [-0.25, -0.2) is 8.78 Å². The number of benzene rings is 1. The lowest BCUT2D eigenvalue weighted by molar-refractivity contribution is -0.121. The van der Waals surface area contributed by atoms with Crippen LogP contribution in [0.1, 0.15) is 30.6 Å². The number of nitrogens with two attached hydrogens (primary N) is 1. The van der Waals surface area contributed by atoms with Crippen molar-refractivity contribution >= 4 is 17.5 Å². The molecule has 7 heteroatoms. The highest BCUT2D eigenvalue weighted by atomic mass is 19.1. The summed E-state index contributed by atoms with van der Waals surface area (Å²) in [5, 5.41) is 4.96. The van der Waals surface area contributed by atoms with Crippen molar-refractivity contribution in [3.8, 4) is 0 Å². The number of carbonyl (C=O) groups is 2. The van der Waals surface area contributed by atoms with E-state index in [-0.39, 0.29) is 24.6 Å². The number of carbonyl (C=O) groups excluding carboxylic acids is 2. The van der Waals surface area contributed by atoms with E-state index < -0.39 is 23.1 Å². The lowest BCUT2D eigenvalue weighted by atomic mass is 10.1. The molecule has 4 N–H and O–H groups in total. The summed E-state index contributed by atoms with van der Waals surface area (Å²) < 4.78 is 27.0. The normalized spacial score (nSPS) is 10.5. The smallest absolute Gasteiger partial charge is 0.257 e. The molecule has 21 heavy (non-hydrogen) atoms. The molecule has 0 aromatic heterocycles. The van der Waals surface area contributed by atoms with E-state index in [0.717, 1.165) is 12.1 Å². The Labute approximate surface area is 121 Å². The maximum Gasteiger partial charge on any atom is 0.257 e. The summed E-state index contributed by atoms with van der Waals surface area (Å²) in [5.41, 5.74) is 4.24. The number of amides is 2. The van der Waals surface area contributed by atoms with E-state index in [0.29, 0.717) is 12.5 Å². The topological polar surface area (TPSA) is 84.2 Å². The number of halogens is 2. The summed E-state index contributed by atoms with van der Waals surface area (Å²) in [4.78, 5) is 23.1. The SMILES string of the molecule is CC(C)CNC(=O)CCNC(=O)c1c(F)ccc(N)c1F. The van der Waals surface area contributed by atoms with Gasteiger partial charge in [0.2, 0.25) is 5.91 Å². The first-order valence-electron chi connectivity index (χ1n) is 6.61. The number of hydrogen-bond donors (Lipinski definition) is 3. The number of anilines is 1. The largest absolute Gasteiger partial charge is 0.396 e. The van der Waals surface area contributed by atoms with Crippen LogP contribution in [0.5, 0.6) is 0 Å². The van der Waals surface area contributed by atoms with E-state index >= 15 is 0 Å². The van der Waals surface area contributed by atoms with Gasteiger partial charge in [-0.2, -0.15) is 0 Å². The van der Waals surface area contributed by atoms with Gasteiger partial charge in [0.25, 0.3) is 5.91 Å². The van der Waals surface area contributed by atoms with Crippen LogP contribution in [0.25, 0.3) is 0 Å². The average molecular weight is 299 g/mol. The average Bonchev–Trinajstić information content (AvgIpc) is 2.41. The Bertz CT molecular complexity index is 533. The van der Waals surface area contributed by atoms with Crippen molar-refractivity contribution in [2.75, 3.05) is 18.8 Å². The molecule has 0 unspecified atom stereocenters. The molecular weight excluding hydrogens is 280 g/mol. The third kappa shape index (κ3) is 5.02. The Morgan fingerprint density at radius 3 is 2.52 bits per heavy atom. The molecule has 0 spiro atoms. The predicted molar refractivity (Wildman–Crippen MR) is 75.6 cm³/mol. The molecule has 0 aliphatic rings. The minimum atomic E-state index is -1.10. The van der Waals surface area contributed by atoms with Gasteiger partial charge in [-0.05, 0) is 18.1 Å². The van der Waals surface area contributed by atoms with Gasteiger partial charge < -0.3 is 16.4 Å². The van der Waals surface area contributed by atoms with Gasteiger partial charge in [0.05, 0.1) is 5.69 Å². The highest BCUT2D eigenvalue weighted by Gasteiger charge is 2.19. The Hall–Kier alpha value is -2.18. The fraction of sp³-hybridized carbons (Fsp3) is 0.429. The Morgan fingerprint density at radius 2 is 1.90 bits per heavy atom. The Kier molecular flexibility index (Phi) is 6.08. The molecule has 2 amide bonds. The zero-order valence-corrected chi connectivity index (χ0v) is 12.0. The van der Waals surface area contributed by atoms with Gasteiger partial charge in [0.1, 0.15) is 11.4 Å². The monoisotopic (exact) mass is 299 g/mol. The molecule has 0 bridgehead atoms. The van der Waals surface area contributed by atoms with Crippen LogP contribution in [0.4, 0.5) is 14.5 Å². The van der Waals surface area contributed by atoms with Gasteiger partial charge in [-0.1, -0.05) is 13.8 Å². The lowest BCUT2D eigenvalue weighted by Gasteiger charge is -2.09. The van der Waals surface area contributed by atoms with Crippen molar-refractivity contribution in [1.82, 2.24) is 10.6 Å². The van der Waals surface area contributed by atoms with Crippen molar-refractivity contribution in [2.45, 2.75) is 20.3 Å². The van der Waals surface area contributed by atoms with Gasteiger partial charge in [-0.3, -0.25) is 9.59 Å². The maximum atomic E-state index is 13.6. The molecule has 0 atom stereocenters. The van der Waals surface area contributed by atoms with Gasteiger partial charge in [0, 0.05) is 19.5 Å². The molecule has 5 nitrogen and oxygen atoms in total. The van der Waals surface area contributed by atoms with Crippen LogP contribution in [0.3, 0.4) is 0 Å². The number of rotatable bonds is 6. The summed E-state index contributed by atoms with van der Waals surface area (Å²) in [5.74, 6) is -2.95. The summed E-state index contributed by atoms with van der Waals surface area (Å²) in [6.07, 6.45) is 0.0318. The molecule has 0 heterocycles. The zero-order valence-electron chi connectivity index (χ0n) is 12.0. The van der Waals surface area contributed by atoms with Gasteiger partial charge in [-0.15, -0.1) is 0 Å². The minimum absolute atomic E-state index is 0.0174. The number of nitrogens with one attached hydrogen (secondary N) is 2. The summed E-state index contributed by atoms with van der Waals surface area (Å²) in [6, 6.07) is 1.96. The molecule has 0 saturated heterocycles. The van der Waals surface area contributed by atoms with Gasteiger partial charge in [0.15, 0.2) is 5.82 Å². The first-order chi connectivity index (χ1) is 9.82. The van der Waals surface area contributed by atoms with Gasteiger partial charge >= 0.3 is 0 Å². The van der Waals surface area contributed by atoms with Crippen molar-refractivity contribution in [2.24, 2.45) is 5.92 Å². The molecule has 116 valence electrons. The minimum Gasteiger partial charge on any atom is -0.396 e. The third-order valence-electron chi connectivity index (χ3n) is 2.69. The van der Waals surface area contributed by atoms with E-state index in [1.807, 2.05) is 13.8 Å². The quantitative estimate of drug-likeness (QED) is 0.695. The first-order valence-corrected chi connectivity index (χ1v) is 6.61. The molecule has 0 aliphatic heterocycles. The molecule has 0 radical (unpaired) electrons. The van der Waals surface area contributed by atoms with Crippen molar-refractivity contribution in [3.63, 3.8) is 0 Å². The molecular formula is C14H19F2N3O2. The van der Waals surface area contributed by atoms with Crippen LogP contribution in [-0.4, -0.2) is 24.9 Å². The van der Waals surface area contributed by atoms with E-state index in [4.69, 9.17) is 5.73 Å². The van der Waals surface area contributed by atoms with E-state index in [2.05, 4.69) is 10.6 Å². The van der Waals surface area contributed by atoms with Crippen molar-refractivity contribution < 1.29 is 18.4 Å². The second kappa shape index (κ2) is 7.56. The molecule has 1 aromatic rings. The molecule has 1 rings (SSSR count). The predicted octanol–water partition coefficient (Wildman–Crippen LogP) is 1.44. The first kappa shape index (κ1) is 16.9. The third-order valence-corrected chi connectivity index (χ3v) is 2.69. The van der Waals surface area contributed by atoms with Crippen LogP contribution in [0.2, 0.25) is 0 Å².